The Kier molecular flexibility index (Phi) is 5.49. The topological polar surface area (TPSA) is 63.4 Å². The van der Waals surface area contributed by atoms with Gasteiger partial charge in [-0.05, 0) is 61.7 Å². The Bertz CT molecular complexity index is 1090. The summed E-state index contributed by atoms with van der Waals surface area (Å²) in [6.45, 7) is 1.49. The average molecular weight is 482 g/mol. The van der Waals surface area contributed by atoms with Crippen LogP contribution in [0.4, 0.5) is 5.88 Å². The van der Waals surface area contributed by atoms with Gasteiger partial charge in [0.25, 0.3) is 0 Å². The SMILES string of the molecule is O=S(=O)(c1ccc(Cl)cc1)c1nc(-c2cccc(Br)c2)oc1N1CCCCC1. The Labute approximate surface area is 177 Å². The molecule has 0 radical (unpaired) electrons. The van der Waals surface area contributed by atoms with Gasteiger partial charge in [0.15, 0.2) is 0 Å². The van der Waals surface area contributed by atoms with E-state index in [0.29, 0.717) is 16.5 Å². The lowest BCUT2D eigenvalue weighted by molar-refractivity contribution is 0.499. The summed E-state index contributed by atoms with van der Waals surface area (Å²) in [5.41, 5.74) is 0.713. The number of sulfone groups is 1. The molecule has 28 heavy (non-hydrogen) atoms. The fourth-order valence-electron chi connectivity index (χ4n) is 3.24. The summed E-state index contributed by atoms with van der Waals surface area (Å²) in [6, 6.07) is 13.5. The number of benzene rings is 2. The van der Waals surface area contributed by atoms with E-state index in [2.05, 4.69) is 20.9 Å². The van der Waals surface area contributed by atoms with E-state index in [-0.39, 0.29) is 15.8 Å². The lowest BCUT2D eigenvalue weighted by atomic mass is 10.1. The number of halogens is 2. The van der Waals surface area contributed by atoms with E-state index < -0.39 is 9.84 Å². The Morgan fingerprint density at radius 1 is 1.04 bits per heavy atom. The van der Waals surface area contributed by atoms with Crippen molar-refractivity contribution in [3.8, 4) is 11.5 Å². The number of piperidine rings is 1. The van der Waals surface area contributed by atoms with E-state index in [0.717, 1.165) is 36.8 Å². The highest BCUT2D eigenvalue weighted by Crippen LogP contribution is 2.36. The fraction of sp³-hybridized carbons (Fsp3) is 0.250. The number of rotatable bonds is 4. The summed E-state index contributed by atoms with van der Waals surface area (Å²) in [6.07, 6.45) is 3.11. The van der Waals surface area contributed by atoms with Gasteiger partial charge in [0.1, 0.15) is 0 Å². The van der Waals surface area contributed by atoms with Crippen LogP contribution in [-0.2, 0) is 9.84 Å². The normalized spacial score (nSPS) is 15.0. The van der Waals surface area contributed by atoms with Gasteiger partial charge in [-0.25, -0.2) is 8.42 Å². The lowest BCUT2D eigenvalue weighted by Crippen LogP contribution is -2.30. The predicted molar refractivity (Wildman–Crippen MR) is 113 cm³/mol. The molecule has 0 aliphatic carbocycles. The number of anilines is 1. The van der Waals surface area contributed by atoms with Crippen molar-refractivity contribution in [3.63, 3.8) is 0 Å². The molecule has 1 aliphatic rings. The van der Waals surface area contributed by atoms with Crippen molar-refractivity contribution in [3.05, 3.63) is 58.0 Å². The van der Waals surface area contributed by atoms with Gasteiger partial charge in [-0.3, -0.25) is 0 Å². The second-order valence-electron chi connectivity index (χ2n) is 6.64. The molecule has 1 aliphatic heterocycles. The summed E-state index contributed by atoms with van der Waals surface area (Å²) < 4.78 is 33.5. The van der Waals surface area contributed by atoms with Gasteiger partial charge in [-0.1, -0.05) is 33.6 Å². The van der Waals surface area contributed by atoms with Crippen LogP contribution < -0.4 is 4.90 Å². The first-order chi connectivity index (χ1) is 13.4. The van der Waals surface area contributed by atoms with E-state index in [9.17, 15) is 8.42 Å². The summed E-state index contributed by atoms with van der Waals surface area (Å²) >= 11 is 9.35. The van der Waals surface area contributed by atoms with Crippen molar-refractivity contribution in [1.82, 2.24) is 4.98 Å². The molecule has 0 N–H and O–H groups in total. The number of hydrogen-bond acceptors (Lipinski definition) is 5. The minimum absolute atomic E-state index is 0.0494. The molecule has 0 saturated carbocycles. The molecule has 5 nitrogen and oxygen atoms in total. The van der Waals surface area contributed by atoms with Crippen molar-refractivity contribution >= 4 is 43.3 Å². The molecule has 2 aromatic carbocycles. The van der Waals surface area contributed by atoms with Crippen molar-refractivity contribution in [2.24, 2.45) is 0 Å². The Balaban J connectivity index is 1.85. The van der Waals surface area contributed by atoms with Crippen LogP contribution in [0.3, 0.4) is 0 Å². The predicted octanol–water partition coefficient (Wildman–Crippen LogP) is 5.58. The summed E-state index contributed by atoms with van der Waals surface area (Å²) in [7, 11) is -3.85. The summed E-state index contributed by atoms with van der Waals surface area (Å²) in [5.74, 6) is 0.596. The standard InChI is InChI=1S/C20H18BrClN2O3S/c21-15-6-4-5-14(13-15)18-23-19(20(27-18)24-11-2-1-3-12-24)28(25,26)17-9-7-16(22)8-10-17/h4-10,13H,1-3,11-12H2. The first-order valence-electron chi connectivity index (χ1n) is 8.97. The van der Waals surface area contributed by atoms with Crippen LogP contribution in [0.5, 0.6) is 0 Å². The third-order valence-corrected chi connectivity index (χ3v) is 7.09. The zero-order valence-corrected chi connectivity index (χ0v) is 18.1. The second kappa shape index (κ2) is 7.89. The van der Waals surface area contributed by atoms with Gasteiger partial charge in [0.2, 0.25) is 26.6 Å². The first-order valence-corrected chi connectivity index (χ1v) is 11.6. The van der Waals surface area contributed by atoms with Gasteiger partial charge >= 0.3 is 0 Å². The third-order valence-electron chi connectivity index (χ3n) is 4.67. The van der Waals surface area contributed by atoms with Crippen LogP contribution in [0.15, 0.2) is 67.3 Å². The van der Waals surface area contributed by atoms with Crippen molar-refractivity contribution in [2.75, 3.05) is 18.0 Å². The van der Waals surface area contributed by atoms with Gasteiger partial charge in [-0.2, -0.15) is 4.98 Å². The average Bonchev–Trinajstić information content (AvgIpc) is 3.15. The molecule has 2 heterocycles. The zero-order chi connectivity index (χ0) is 19.7. The van der Waals surface area contributed by atoms with Crippen LogP contribution in [0.2, 0.25) is 5.02 Å². The molecule has 146 valence electrons. The minimum Gasteiger partial charge on any atom is -0.419 e. The molecule has 1 fully saturated rings. The van der Waals surface area contributed by atoms with E-state index >= 15 is 0 Å². The number of hydrogen-bond donors (Lipinski definition) is 0. The quantitative estimate of drug-likeness (QED) is 0.487. The molecule has 0 unspecified atom stereocenters. The Morgan fingerprint density at radius 3 is 2.43 bits per heavy atom. The van der Waals surface area contributed by atoms with Crippen LogP contribution in [0.1, 0.15) is 19.3 Å². The molecule has 0 amide bonds. The molecule has 0 spiro atoms. The monoisotopic (exact) mass is 480 g/mol. The maximum absolute atomic E-state index is 13.3. The molecule has 1 saturated heterocycles. The zero-order valence-electron chi connectivity index (χ0n) is 14.9. The third kappa shape index (κ3) is 3.83. The van der Waals surface area contributed by atoms with Gasteiger partial charge < -0.3 is 9.32 Å². The molecule has 1 aromatic heterocycles. The highest BCUT2D eigenvalue weighted by Gasteiger charge is 2.32. The first kappa shape index (κ1) is 19.5. The van der Waals surface area contributed by atoms with Gasteiger partial charge in [0.05, 0.1) is 4.90 Å². The number of nitrogens with zero attached hydrogens (tertiary/aromatic N) is 2. The Hall–Kier alpha value is -1.83. The van der Waals surface area contributed by atoms with E-state index in [1.807, 2.05) is 29.2 Å². The van der Waals surface area contributed by atoms with E-state index in [4.69, 9.17) is 16.0 Å². The lowest BCUT2D eigenvalue weighted by Gasteiger charge is -2.26. The van der Waals surface area contributed by atoms with Gasteiger partial charge in [0, 0.05) is 28.1 Å². The van der Waals surface area contributed by atoms with Crippen molar-refractivity contribution in [2.45, 2.75) is 29.2 Å². The van der Waals surface area contributed by atoms with Crippen LogP contribution in [0.25, 0.3) is 11.5 Å². The molecule has 0 bridgehead atoms. The van der Waals surface area contributed by atoms with Crippen molar-refractivity contribution in [1.29, 1.82) is 0 Å². The smallest absolute Gasteiger partial charge is 0.236 e. The van der Waals surface area contributed by atoms with Crippen molar-refractivity contribution < 1.29 is 12.8 Å². The molecular weight excluding hydrogens is 464 g/mol. The molecule has 0 atom stereocenters. The molecule has 3 aromatic rings. The highest BCUT2D eigenvalue weighted by molar-refractivity contribution is 9.10. The summed E-state index contributed by atoms with van der Waals surface area (Å²) in [5, 5.41) is 0.428. The molecule has 8 heteroatoms. The summed E-state index contributed by atoms with van der Waals surface area (Å²) in [4.78, 5) is 6.53. The van der Waals surface area contributed by atoms with E-state index in [1.54, 1.807) is 12.1 Å². The van der Waals surface area contributed by atoms with Crippen LogP contribution in [0, 0.1) is 0 Å². The second-order valence-corrected chi connectivity index (χ2v) is 9.86. The number of aromatic nitrogens is 1. The highest BCUT2D eigenvalue weighted by atomic mass is 79.9. The van der Waals surface area contributed by atoms with Crippen LogP contribution in [-0.4, -0.2) is 26.5 Å². The largest absolute Gasteiger partial charge is 0.419 e. The van der Waals surface area contributed by atoms with E-state index in [1.165, 1.54) is 12.1 Å². The maximum atomic E-state index is 13.3. The maximum Gasteiger partial charge on any atom is 0.236 e. The van der Waals surface area contributed by atoms with Crippen LogP contribution >= 0.6 is 27.5 Å². The fourth-order valence-corrected chi connectivity index (χ4v) is 5.09. The number of oxazole rings is 1. The molecule has 4 rings (SSSR count). The Morgan fingerprint density at radius 2 is 1.75 bits per heavy atom. The minimum atomic E-state index is -3.85. The van der Waals surface area contributed by atoms with Gasteiger partial charge in [-0.15, -0.1) is 0 Å². The molecular formula is C20H18BrClN2O3S.